The first-order valence-corrected chi connectivity index (χ1v) is 4.95. The molecule has 1 aliphatic heterocycles. The number of carbonyl (C=O) groups is 2. The van der Waals surface area contributed by atoms with Crippen molar-refractivity contribution in [2.24, 2.45) is 0 Å². The average Bonchev–Trinajstić information content (AvgIpc) is 2.43. The highest BCUT2D eigenvalue weighted by Crippen LogP contribution is 2.23. The lowest BCUT2D eigenvalue weighted by Crippen LogP contribution is -2.23. The second kappa shape index (κ2) is 5.11. The highest BCUT2D eigenvalue weighted by Gasteiger charge is 2.34. The van der Waals surface area contributed by atoms with Gasteiger partial charge in [0.05, 0.1) is 12.2 Å². The van der Waals surface area contributed by atoms with Crippen LogP contribution < -0.4 is 0 Å². The van der Waals surface area contributed by atoms with Gasteiger partial charge in [-0.3, -0.25) is 9.59 Å². The maximum absolute atomic E-state index is 10.8. The Morgan fingerprint density at radius 3 is 2.53 bits per heavy atom. The lowest BCUT2D eigenvalue weighted by molar-refractivity contribution is -0.148. The van der Waals surface area contributed by atoms with Gasteiger partial charge < -0.3 is 14.2 Å². The molecule has 1 heterocycles. The van der Waals surface area contributed by atoms with Crippen molar-refractivity contribution < 1.29 is 23.8 Å². The van der Waals surface area contributed by atoms with Gasteiger partial charge in [0, 0.05) is 20.3 Å². The monoisotopic (exact) mass is 216 g/mol. The number of hydrogen-bond donors (Lipinski definition) is 0. The third kappa shape index (κ3) is 3.87. The molecular weight excluding hydrogens is 200 g/mol. The van der Waals surface area contributed by atoms with Gasteiger partial charge in [0.2, 0.25) is 0 Å². The first-order chi connectivity index (χ1) is 6.99. The molecule has 0 amide bonds. The standard InChI is InChI=1S/C10H16O5/c1-6-10(15-8(3)12)4-9(14-6)5-13-7(2)11/h6,9-10H,4-5H2,1-3H3/t6?,9-,10+/m0/s1. The topological polar surface area (TPSA) is 61.8 Å². The van der Waals surface area contributed by atoms with Crippen LogP contribution in [-0.4, -0.2) is 36.9 Å². The molecule has 1 saturated heterocycles. The second-order valence-electron chi connectivity index (χ2n) is 3.65. The molecule has 0 saturated carbocycles. The maximum atomic E-state index is 10.8. The normalized spacial score (nSPS) is 29.9. The molecule has 15 heavy (non-hydrogen) atoms. The van der Waals surface area contributed by atoms with Crippen molar-refractivity contribution in [2.75, 3.05) is 6.61 Å². The third-order valence-electron chi connectivity index (χ3n) is 2.22. The molecule has 3 atom stereocenters. The summed E-state index contributed by atoms with van der Waals surface area (Å²) in [5.74, 6) is -0.647. The van der Waals surface area contributed by atoms with Gasteiger partial charge in [0.25, 0.3) is 0 Å². The van der Waals surface area contributed by atoms with Gasteiger partial charge in [-0.2, -0.15) is 0 Å². The Morgan fingerprint density at radius 2 is 2.00 bits per heavy atom. The second-order valence-corrected chi connectivity index (χ2v) is 3.65. The molecule has 1 aliphatic rings. The number of carbonyl (C=O) groups excluding carboxylic acids is 2. The molecule has 1 fully saturated rings. The molecule has 1 unspecified atom stereocenters. The lowest BCUT2D eigenvalue weighted by atomic mass is 10.1. The zero-order valence-corrected chi connectivity index (χ0v) is 9.19. The summed E-state index contributed by atoms with van der Waals surface area (Å²) in [6.07, 6.45) is 0.0272. The van der Waals surface area contributed by atoms with E-state index >= 15 is 0 Å². The van der Waals surface area contributed by atoms with Gasteiger partial charge in [-0.1, -0.05) is 0 Å². The zero-order valence-electron chi connectivity index (χ0n) is 9.19. The molecule has 0 aliphatic carbocycles. The van der Waals surface area contributed by atoms with Crippen LogP contribution in [0, 0.1) is 0 Å². The van der Waals surface area contributed by atoms with Crippen LogP contribution in [0.1, 0.15) is 27.2 Å². The quantitative estimate of drug-likeness (QED) is 0.648. The number of esters is 2. The van der Waals surface area contributed by atoms with Gasteiger partial charge >= 0.3 is 11.9 Å². The Labute approximate surface area is 88.7 Å². The number of hydrogen-bond acceptors (Lipinski definition) is 5. The molecule has 0 bridgehead atoms. The van der Waals surface area contributed by atoms with E-state index in [4.69, 9.17) is 14.2 Å². The van der Waals surface area contributed by atoms with Gasteiger partial charge in [-0.25, -0.2) is 0 Å². The average molecular weight is 216 g/mol. The minimum absolute atomic E-state index is 0.144. The van der Waals surface area contributed by atoms with Crippen molar-refractivity contribution in [1.29, 1.82) is 0 Å². The smallest absolute Gasteiger partial charge is 0.302 e. The zero-order chi connectivity index (χ0) is 11.4. The molecule has 1 rings (SSSR count). The molecule has 0 N–H and O–H groups in total. The Hall–Kier alpha value is -1.10. The van der Waals surface area contributed by atoms with Crippen molar-refractivity contribution in [3.63, 3.8) is 0 Å². The van der Waals surface area contributed by atoms with Gasteiger partial charge in [0.1, 0.15) is 12.7 Å². The van der Waals surface area contributed by atoms with Crippen molar-refractivity contribution >= 4 is 11.9 Å². The molecule has 5 nitrogen and oxygen atoms in total. The van der Waals surface area contributed by atoms with E-state index in [0.29, 0.717) is 6.42 Å². The van der Waals surface area contributed by atoms with Crippen LogP contribution in [0.4, 0.5) is 0 Å². The van der Waals surface area contributed by atoms with E-state index in [0.717, 1.165) is 0 Å². The van der Waals surface area contributed by atoms with E-state index in [1.807, 2.05) is 6.92 Å². The van der Waals surface area contributed by atoms with Crippen LogP contribution in [0.2, 0.25) is 0 Å². The molecule has 0 aromatic heterocycles. The van der Waals surface area contributed by atoms with E-state index in [1.165, 1.54) is 13.8 Å². The summed E-state index contributed by atoms with van der Waals surface area (Å²) in [5, 5.41) is 0. The van der Waals surface area contributed by atoms with E-state index in [2.05, 4.69) is 0 Å². The molecule has 0 aromatic rings. The molecular formula is C10H16O5. The van der Waals surface area contributed by atoms with E-state index in [1.54, 1.807) is 0 Å². The van der Waals surface area contributed by atoms with Crippen molar-refractivity contribution in [1.82, 2.24) is 0 Å². The molecule has 0 aromatic carbocycles. The van der Waals surface area contributed by atoms with Crippen molar-refractivity contribution in [2.45, 2.75) is 45.5 Å². The fourth-order valence-corrected chi connectivity index (χ4v) is 1.57. The third-order valence-corrected chi connectivity index (χ3v) is 2.22. The largest absolute Gasteiger partial charge is 0.463 e. The molecule has 86 valence electrons. The molecule has 0 spiro atoms. The summed E-state index contributed by atoms with van der Waals surface area (Å²) in [7, 11) is 0. The van der Waals surface area contributed by atoms with E-state index in [9.17, 15) is 9.59 Å². The molecule has 5 heteroatoms. The maximum Gasteiger partial charge on any atom is 0.302 e. The van der Waals surface area contributed by atoms with Crippen LogP contribution in [0.15, 0.2) is 0 Å². The predicted molar refractivity (Wildman–Crippen MR) is 51.1 cm³/mol. The highest BCUT2D eigenvalue weighted by atomic mass is 16.6. The van der Waals surface area contributed by atoms with E-state index in [-0.39, 0.29) is 36.9 Å². The number of rotatable bonds is 3. The summed E-state index contributed by atoms with van der Waals surface area (Å²) in [6, 6.07) is 0. The fourth-order valence-electron chi connectivity index (χ4n) is 1.57. The fraction of sp³-hybridized carbons (Fsp3) is 0.800. The predicted octanol–water partition coefficient (Wildman–Crippen LogP) is 0.659. The van der Waals surface area contributed by atoms with E-state index < -0.39 is 0 Å². The Kier molecular flexibility index (Phi) is 4.08. The SMILES string of the molecule is CC(=O)OC[C@@H]1C[C@@H](OC(C)=O)C(C)O1. The van der Waals surface area contributed by atoms with Gasteiger partial charge in [-0.05, 0) is 6.92 Å². The van der Waals surface area contributed by atoms with Crippen LogP contribution in [-0.2, 0) is 23.8 Å². The Balaban J connectivity index is 2.34. The van der Waals surface area contributed by atoms with Crippen LogP contribution in [0.3, 0.4) is 0 Å². The summed E-state index contributed by atoms with van der Waals surface area (Å²) < 4.78 is 15.3. The summed E-state index contributed by atoms with van der Waals surface area (Å²) in [6.45, 7) is 4.77. The minimum Gasteiger partial charge on any atom is -0.463 e. The minimum atomic E-state index is -0.331. The summed E-state index contributed by atoms with van der Waals surface area (Å²) in [4.78, 5) is 21.3. The lowest BCUT2D eigenvalue weighted by Gasteiger charge is -2.12. The Bertz CT molecular complexity index is 250. The highest BCUT2D eigenvalue weighted by molar-refractivity contribution is 5.66. The molecule has 0 radical (unpaired) electrons. The summed E-state index contributed by atoms with van der Waals surface area (Å²) in [5.41, 5.74) is 0. The first kappa shape index (κ1) is 12.0. The van der Waals surface area contributed by atoms with Crippen LogP contribution in [0.25, 0.3) is 0 Å². The van der Waals surface area contributed by atoms with Crippen molar-refractivity contribution in [3.8, 4) is 0 Å². The van der Waals surface area contributed by atoms with Crippen molar-refractivity contribution in [3.05, 3.63) is 0 Å². The van der Waals surface area contributed by atoms with Crippen LogP contribution in [0.5, 0.6) is 0 Å². The van der Waals surface area contributed by atoms with Gasteiger partial charge in [-0.15, -0.1) is 0 Å². The van der Waals surface area contributed by atoms with Gasteiger partial charge in [0.15, 0.2) is 0 Å². The summed E-state index contributed by atoms with van der Waals surface area (Å²) >= 11 is 0. The number of ether oxygens (including phenoxy) is 3. The van der Waals surface area contributed by atoms with Crippen LogP contribution >= 0.6 is 0 Å². The first-order valence-electron chi connectivity index (χ1n) is 4.95. The Morgan fingerprint density at radius 1 is 1.33 bits per heavy atom.